The highest BCUT2D eigenvalue weighted by atomic mass is 35.5. The fraction of sp³-hybridized carbons (Fsp3) is 0.467. The molecule has 1 fully saturated rings. The first-order valence-corrected chi connectivity index (χ1v) is 7.32. The summed E-state index contributed by atoms with van der Waals surface area (Å²) in [6, 6.07) is 8.17. The maximum absolute atomic E-state index is 5.99. The predicted octanol–water partition coefficient (Wildman–Crippen LogP) is 2.85. The Hall–Kier alpha value is -1.39. The first kappa shape index (κ1) is 13.6. The molecule has 1 aliphatic rings. The van der Waals surface area contributed by atoms with Gasteiger partial charge in [0.25, 0.3) is 0 Å². The summed E-state index contributed by atoms with van der Waals surface area (Å²) in [5.41, 5.74) is -0.240. The zero-order valence-corrected chi connectivity index (χ0v) is 12.5. The molecule has 0 saturated carbocycles. The molecule has 0 amide bonds. The van der Waals surface area contributed by atoms with Gasteiger partial charge >= 0.3 is 0 Å². The van der Waals surface area contributed by atoms with Crippen molar-refractivity contribution < 1.29 is 4.74 Å². The number of fused-ring (bicyclic) bond motifs is 1. The van der Waals surface area contributed by atoms with Gasteiger partial charge in [-0.25, -0.2) is 0 Å². The van der Waals surface area contributed by atoms with E-state index in [4.69, 9.17) is 16.3 Å². The summed E-state index contributed by atoms with van der Waals surface area (Å²) >= 11 is 5.99. The smallest absolute Gasteiger partial charge is 0.159 e. The van der Waals surface area contributed by atoms with Crippen LogP contribution in [-0.2, 0) is 4.74 Å². The van der Waals surface area contributed by atoms with Gasteiger partial charge in [-0.1, -0.05) is 24.3 Å². The van der Waals surface area contributed by atoms with Crippen molar-refractivity contribution >= 4 is 28.2 Å². The van der Waals surface area contributed by atoms with E-state index >= 15 is 0 Å². The second-order valence-electron chi connectivity index (χ2n) is 5.79. The zero-order chi connectivity index (χ0) is 14.2. The zero-order valence-electron chi connectivity index (χ0n) is 11.7. The molecule has 0 spiro atoms. The average Bonchev–Trinajstić information content (AvgIpc) is 2.45. The minimum absolute atomic E-state index is 0.0150. The quantitative estimate of drug-likeness (QED) is 0.798. The van der Waals surface area contributed by atoms with Gasteiger partial charge in [0.15, 0.2) is 5.82 Å². The molecule has 1 saturated heterocycles. The van der Waals surface area contributed by atoms with Gasteiger partial charge in [-0.2, -0.15) is 5.10 Å². The van der Waals surface area contributed by atoms with Gasteiger partial charge in [0.1, 0.15) is 0 Å². The third kappa shape index (κ3) is 2.58. The second-order valence-corrected chi connectivity index (χ2v) is 6.10. The van der Waals surface area contributed by atoms with Gasteiger partial charge in [-0.3, -0.25) is 0 Å². The van der Waals surface area contributed by atoms with Crippen LogP contribution in [0.4, 0.5) is 5.82 Å². The molecule has 0 aliphatic carbocycles. The van der Waals surface area contributed by atoms with Crippen LogP contribution in [0.2, 0.25) is 0 Å². The summed E-state index contributed by atoms with van der Waals surface area (Å²) in [7, 11) is 0. The summed E-state index contributed by atoms with van der Waals surface area (Å²) in [5, 5.41) is 10.7. The van der Waals surface area contributed by atoms with Crippen LogP contribution in [0.3, 0.4) is 0 Å². The van der Waals surface area contributed by atoms with E-state index in [0.717, 1.165) is 29.7 Å². The van der Waals surface area contributed by atoms with Crippen molar-refractivity contribution in [2.24, 2.45) is 0 Å². The monoisotopic (exact) mass is 291 g/mol. The standard InChI is InChI=1S/C15H18ClN3O/c1-15(2)10-19(9-12(7-16)20-15)14-13-6-4-3-5-11(13)8-17-18-14/h3-6,8,12H,7,9-10H2,1-2H3. The highest BCUT2D eigenvalue weighted by Crippen LogP contribution is 2.29. The molecule has 1 unspecified atom stereocenters. The third-order valence-electron chi connectivity index (χ3n) is 3.50. The number of ether oxygens (including phenoxy) is 1. The number of benzene rings is 1. The average molecular weight is 292 g/mol. The molecule has 2 heterocycles. The molecular formula is C15H18ClN3O. The molecule has 1 aliphatic heterocycles. The van der Waals surface area contributed by atoms with E-state index in [1.54, 1.807) is 6.20 Å². The maximum atomic E-state index is 5.99. The van der Waals surface area contributed by atoms with Crippen LogP contribution < -0.4 is 4.90 Å². The second kappa shape index (κ2) is 5.19. The van der Waals surface area contributed by atoms with Gasteiger partial charge in [0, 0.05) is 23.9 Å². The Balaban J connectivity index is 2.01. The van der Waals surface area contributed by atoms with Gasteiger partial charge < -0.3 is 9.64 Å². The molecule has 0 N–H and O–H groups in total. The maximum Gasteiger partial charge on any atom is 0.159 e. The van der Waals surface area contributed by atoms with Crippen LogP contribution >= 0.6 is 11.6 Å². The lowest BCUT2D eigenvalue weighted by Crippen LogP contribution is -2.53. The molecular weight excluding hydrogens is 274 g/mol. The fourth-order valence-electron chi connectivity index (χ4n) is 2.78. The van der Waals surface area contributed by atoms with Gasteiger partial charge in [0.05, 0.1) is 23.8 Å². The van der Waals surface area contributed by atoms with Crippen molar-refractivity contribution in [3.05, 3.63) is 30.5 Å². The van der Waals surface area contributed by atoms with Crippen molar-refractivity contribution in [3.8, 4) is 0 Å². The Morgan fingerprint density at radius 2 is 2.20 bits per heavy atom. The van der Waals surface area contributed by atoms with E-state index in [9.17, 15) is 0 Å². The lowest BCUT2D eigenvalue weighted by molar-refractivity contribution is -0.0736. The minimum atomic E-state index is -0.240. The summed E-state index contributed by atoms with van der Waals surface area (Å²) < 4.78 is 5.96. The van der Waals surface area contributed by atoms with Crippen molar-refractivity contribution in [2.45, 2.75) is 25.6 Å². The van der Waals surface area contributed by atoms with Crippen LogP contribution in [0.5, 0.6) is 0 Å². The lowest BCUT2D eigenvalue weighted by Gasteiger charge is -2.42. The molecule has 4 nitrogen and oxygen atoms in total. The van der Waals surface area contributed by atoms with E-state index < -0.39 is 0 Å². The molecule has 1 aromatic carbocycles. The third-order valence-corrected chi connectivity index (χ3v) is 3.85. The highest BCUT2D eigenvalue weighted by Gasteiger charge is 2.34. The van der Waals surface area contributed by atoms with Crippen LogP contribution in [-0.4, -0.2) is 40.9 Å². The predicted molar refractivity (Wildman–Crippen MR) is 81.4 cm³/mol. The molecule has 0 bridgehead atoms. The Labute approximate surface area is 123 Å². The number of hydrogen-bond donors (Lipinski definition) is 0. The number of aromatic nitrogens is 2. The molecule has 0 radical (unpaired) electrons. The number of alkyl halides is 1. The molecule has 1 atom stereocenters. The first-order valence-electron chi connectivity index (χ1n) is 6.78. The van der Waals surface area contributed by atoms with Gasteiger partial charge in [0.2, 0.25) is 0 Å². The first-order chi connectivity index (χ1) is 9.59. The minimum Gasteiger partial charge on any atom is -0.367 e. The van der Waals surface area contributed by atoms with Crippen LogP contribution in [0, 0.1) is 0 Å². The van der Waals surface area contributed by atoms with E-state index in [2.05, 4.69) is 41.1 Å². The molecule has 1 aromatic heterocycles. The number of rotatable bonds is 2. The fourth-order valence-corrected chi connectivity index (χ4v) is 2.94. The largest absolute Gasteiger partial charge is 0.367 e. The summed E-state index contributed by atoms with van der Waals surface area (Å²) in [6.45, 7) is 5.69. The Bertz CT molecular complexity index is 612. The summed E-state index contributed by atoms with van der Waals surface area (Å²) in [6.07, 6.45) is 1.81. The van der Waals surface area contributed by atoms with E-state index in [0.29, 0.717) is 5.88 Å². The molecule has 3 rings (SSSR count). The number of hydrogen-bond acceptors (Lipinski definition) is 4. The Morgan fingerprint density at radius 1 is 1.40 bits per heavy atom. The van der Waals surface area contributed by atoms with Crippen LogP contribution in [0.15, 0.2) is 30.5 Å². The van der Waals surface area contributed by atoms with E-state index in [-0.39, 0.29) is 11.7 Å². The molecule has 2 aromatic rings. The van der Waals surface area contributed by atoms with Gasteiger partial charge in [-0.05, 0) is 13.8 Å². The van der Waals surface area contributed by atoms with Crippen molar-refractivity contribution in [3.63, 3.8) is 0 Å². The lowest BCUT2D eigenvalue weighted by atomic mass is 10.0. The number of nitrogens with zero attached hydrogens (tertiary/aromatic N) is 3. The Morgan fingerprint density at radius 3 is 3.00 bits per heavy atom. The molecule has 20 heavy (non-hydrogen) atoms. The highest BCUT2D eigenvalue weighted by molar-refractivity contribution is 6.18. The van der Waals surface area contributed by atoms with Crippen molar-refractivity contribution in [1.29, 1.82) is 0 Å². The number of halogens is 1. The Kier molecular flexibility index (Phi) is 3.52. The topological polar surface area (TPSA) is 38.2 Å². The van der Waals surface area contributed by atoms with Gasteiger partial charge in [-0.15, -0.1) is 16.7 Å². The van der Waals surface area contributed by atoms with Crippen molar-refractivity contribution in [1.82, 2.24) is 10.2 Å². The number of anilines is 1. The normalized spacial score (nSPS) is 22.1. The van der Waals surface area contributed by atoms with Crippen molar-refractivity contribution in [2.75, 3.05) is 23.9 Å². The van der Waals surface area contributed by atoms with Crippen LogP contribution in [0.1, 0.15) is 13.8 Å². The van der Waals surface area contributed by atoms with E-state index in [1.807, 2.05) is 12.1 Å². The molecule has 106 valence electrons. The molecule has 5 heteroatoms. The summed E-state index contributed by atoms with van der Waals surface area (Å²) in [4.78, 5) is 2.23. The number of morpholine rings is 1. The van der Waals surface area contributed by atoms with E-state index in [1.165, 1.54) is 0 Å². The van der Waals surface area contributed by atoms with Crippen LogP contribution in [0.25, 0.3) is 10.8 Å². The summed E-state index contributed by atoms with van der Waals surface area (Å²) in [5.74, 6) is 1.40. The SMILES string of the molecule is CC1(C)CN(c2nncc3ccccc23)CC(CCl)O1.